The van der Waals surface area contributed by atoms with Crippen molar-refractivity contribution in [1.82, 2.24) is 10.6 Å². The molecule has 3 heteroatoms. The van der Waals surface area contributed by atoms with Crippen LogP contribution < -0.4 is 16.4 Å². The van der Waals surface area contributed by atoms with Gasteiger partial charge in [-0.3, -0.25) is 0 Å². The second kappa shape index (κ2) is 7.47. The van der Waals surface area contributed by atoms with Gasteiger partial charge in [0.05, 0.1) is 6.04 Å². The van der Waals surface area contributed by atoms with Crippen LogP contribution in [0.3, 0.4) is 0 Å². The van der Waals surface area contributed by atoms with Gasteiger partial charge in [-0.05, 0) is 52.4 Å². The number of unbranched alkanes of at least 4 members (excludes halogenated alkanes) is 1. The van der Waals surface area contributed by atoms with E-state index in [1.807, 2.05) is 0 Å². The van der Waals surface area contributed by atoms with Crippen LogP contribution in [-0.2, 0) is 0 Å². The predicted molar refractivity (Wildman–Crippen MR) is 70.2 cm³/mol. The molecular weight excluding hydrogens is 198 g/mol. The number of hydrogen-bond donors (Lipinski definition) is 3. The van der Waals surface area contributed by atoms with Gasteiger partial charge < -0.3 is 16.4 Å². The Morgan fingerprint density at radius 2 is 2.25 bits per heavy atom. The molecule has 0 bridgehead atoms. The average molecular weight is 223 g/mol. The molecule has 0 aliphatic carbocycles. The van der Waals surface area contributed by atoms with Crippen molar-refractivity contribution >= 4 is 0 Å². The zero-order chi connectivity index (χ0) is 11.8. The smallest absolute Gasteiger partial charge is 0.0590 e. The molecule has 1 heterocycles. The highest BCUT2D eigenvalue weighted by Gasteiger charge is 2.10. The van der Waals surface area contributed by atoms with Gasteiger partial charge >= 0.3 is 0 Å². The molecule has 0 radical (unpaired) electrons. The third kappa shape index (κ3) is 4.81. The summed E-state index contributed by atoms with van der Waals surface area (Å²) in [6.45, 7) is 7.21. The summed E-state index contributed by atoms with van der Waals surface area (Å²) in [5.74, 6) is 0. The monoisotopic (exact) mass is 223 g/mol. The largest absolute Gasteiger partial charge is 0.383 e. The molecule has 0 fully saturated rings. The summed E-state index contributed by atoms with van der Waals surface area (Å²) >= 11 is 0. The fraction of sp³-hybridized carbons (Fsp3) is 0.692. The molecule has 0 aromatic rings. The highest BCUT2D eigenvalue weighted by atomic mass is 15.0. The van der Waals surface area contributed by atoms with Crippen molar-refractivity contribution in [3.8, 4) is 0 Å². The van der Waals surface area contributed by atoms with E-state index in [1.165, 1.54) is 17.6 Å². The van der Waals surface area contributed by atoms with Gasteiger partial charge in [0, 0.05) is 6.54 Å². The fourth-order valence-corrected chi connectivity index (χ4v) is 1.76. The Morgan fingerprint density at radius 1 is 1.44 bits per heavy atom. The second-order valence-electron chi connectivity index (χ2n) is 4.56. The lowest BCUT2D eigenvalue weighted by molar-refractivity contribution is 0.556. The van der Waals surface area contributed by atoms with E-state index >= 15 is 0 Å². The van der Waals surface area contributed by atoms with E-state index < -0.39 is 0 Å². The van der Waals surface area contributed by atoms with Gasteiger partial charge in [-0.1, -0.05) is 17.2 Å². The SMILES string of the molecule is CC1=CNC(CNCCCCN)C(C)=CC1. The molecule has 0 amide bonds. The average Bonchev–Trinajstić information content (AvgIpc) is 2.43. The Balaban J connectivity index is 2.25. The molecule has 0 aromatic heterocycles. The second-order valence-corrected chi connectivity index (χ2v) is 4.56. The van der Waals surface area contributed by atoms with Crippen LogP contribution in [0.5, 0.6) is 0 Å². The summed E-state index contributed by atoms with van der Waals surface area (Å²) in [6, 6.07) is 0.440. The summed E-state index contributed by atoms with van der Waals surface area (Å²) in [6.07, 6.45) is 7.81. The van der Waals surface area contributed by atoms with Crippen LogP contribution in [0, 0.1) is 0 Å². The Hall–Kier alpha value is -0.800. The van der Waals surface area contributed by atoms with Crippen molar-refractivity contribution in [1.29, 1.82) is 0 Å². The maximum absolute atomic E-state index is 5.45. The lowest BCUT2D eigenvalue weighted by Crippen LogP contribution is -2.37. The zero-order valence-corrected chi connectivity index (χ0v) is 10.6. The van der Waals surface area contributed by atoms with Crippen LogP contribution in [-0.4, -0.2) is 25.7 Å². The minimum absolute atomic E-state index is 0.440. The van der Waals surface area contributed by atoms with E-state index in [0.29, 0.717) is 6.04 Å². The molecule has 0 saturated heterocycles. The van der Waals surface area contributed by atoms with Crippen LogP contribution in [0.4, 0.5) is 0 Å². The van der Waals surface area contributed by atoms with Gasteiger partial charge in [0.25, 0.3) is 0 Å². The van der Waals surface area contributed by atoms with Crippen molar-refractivity contribution in [3.05, 3.63) is 23.4 Å². The summed E-state index contributed by atoms with van der Waals surface area (Å²) in [5, 5.41) is 6.93. The third-order valence-electron chi connectivity index (χ3n) is 2.98. The maximum Gasteiger partial charge on any atom is 0.0590 e. The molecular formula is C13H25N3. The van der Waals surface area contributed by atoms with Crippen LogP contribution in [0.2, 0.25) is 0 Å². The molecule has 0 spiro atoms. The molecule has 1 aliphatic heterocycles. The Morgan fingerprint density at radius 3 is 3.00 bits per heavy atom. The van der Waals surface area contributed by atoms with Gasteiger partial charge in [-0.15, -0.1) is 0 Å². The van der Waals surface area contributed by atoms with E-state index in [-0.39, 0.29) is 0 Å². The molecule has 3 nitrogen and oxygen atoms in total. The van der Waals surface area contributed by atoms with Gasteiger partial charge in [0.2, 0.25) is 0 Å². The Kier molecular flexibility index (Phi) is 6.19. The van der Waals surface area contributed by atoms with Crippen LogP contribution in [0.15, 0.2) is 23.4 Å². The summed E-state index contributed by atoms with van der Waals surface area (Å²) in [7, 11) is 0. The summed E-state index contributed by atoms with van der Waals surface area (Å²) in [4.78, 5) is 0. The first-order valence-corrected chi connectivity index (χ1v) is 6.23. The van der Waals surface area contributed by atoms with E-state index in [0.717, 1.165) is 32.5 Å². The maximum atomic E-state index is 5.45. The number of rotatable bonds is 6. The molecule has 1 atom stereocenters. The van der Waals surface area contributed by atoms with Crippen molar-refractivity contribution in [3.63, 3.8) is 0 Å². The molecule has 4 N–H and O–H groups in total. The Bertz CT molecular complexity index is 256. The zero-order valence-electron chi connectivity index (χ0n) is 10.6. The summed E-state index contributed by atoms with van der Waals surface area (Å²) < 4.78 is 0. The third-order valence-corrected chi connectivity index (χ3v) is 2.98. The highest BCUT2D eigenvalue weighted by Crippen LogP contribution is 2.11. The molecule has 1 rings (SSSR count). The molecule has 1 aliphatic rings. The van der Waals surface area contributed by atoms with E-state index in [2.05, 4.69) is 36.8 Å². The summed E-state index contributed by atoms with van der Waals surface area (Å²) in [5.41, 5.74) is 8.28. The van der Waals surface area contributed by atoms with Gasteiger partial charge in [0.1, 0.15) is 0 Å². The van der Waals surface area contributed by atoms with Crippen molar-refractivity contribution < 1.29 is 0 Å². The molecule has 0 aromatic carbocycles. The van der Waals surface area contributed by atoms with Crippen molar-refractivity contribution in [2.45, 2.75) is 39.2 Å². The van der Waals surface area contributed by atoms with Crippen LogP contribution >= 0.6 is 0 Å². The van der Waals surface area contributed by atoms with Crippen LogP contribution in [0.1, 0.15) is 33.1 Å². The van der Waals surface area contributed by atoms with Gasteiger partial charge in [-0.25, -0.2) is 0 Å². The lowest BCUT2D eigenvalue weighted by Gasteiger charge is -2.18. The quantitative estimate of drug-likeness (QED) is 0.473. The fourth-order valence-electron chi connectivity index (χ4n) is 1.76. The van der Waals surface area contributed by atoms with E-state index in [1.54, 1.807) is 0 Å². The number of nitrogens with two attached hydrogens (primary N) is 1. The Labute approximate surface area is 99.2 Å². The lowest BCUT2D eigenvalue weighted by atomic mass is 10.1. The first kappa shape index (κ1) is 13.3. The number of allylic oxidation sites excluding steroid dienone is 2. The molecule has 1 unspecified atom stereocenters. The van der Waals surface area contributed by atoms with Crippen LogP contribution in [0.25, 0.3) is 0 Å². The minimum Gasteiger partial charge on any atom is -0.383 e. The topological polar surface area (TPSA) is 50.1 Å². The number of nitrogens with one attached hydrogen (secondary N) is 2. The predicted octanol–water partition coefficient (Wildman–Crippen LogP) is 1.53. The molecule has 16 heavy (non-hydrogen) atoms. The van der Waals surface area contributed by atoms with E-state index in [4.69, 9.17) is 5.73 Å². The molecule has 0 saturated carbocycles. The van der Waals surface area contributed by atoms with Crippen molar-refractivity contribution in [2.75, 3.05) is 19.6 Å². The normalized spacial score (nSPS) is 20.8. The van der Waals surface area contributed by atoms with Gasteiger partial charge in [-0.2, -0.15) is 0 Å². The van der Waals surface area contributed by atoms with Gasteiger partial charge in [0.15, 0.2) is 0 Å². The number of hydrogen-bond acceptors (Lipinski definition) is 3. The standard InChI is InChI=1S/C13H25N3/c1-11-5-6-12(2)13(16-9-11)10-15-8-4-3-7-14/h6,9,13,15-16H,3-5,7-8,10,14H2,1-2H3. The van der Waals surface area contributed by atoms with E-state index in [9.17, 15) is 0 Å². The highest BCUT2D eigenvalue weighted by molar-refractivity contribution is 5.18. The first-order valence-electron chi connectivity index (χ1n) is 6.23. The first-order chi connectivity index (χ1) is 7.74. The molecule has 92 valence electrons. The minimum atomic E-state index is 0.440. The van der Waals surface area contributed by atoms with Crippen molar-refractivity contribution in [2.24, 2.45) is 5.73 Å².